The maximum Gasteiger partial charge on any atom is 0.227 e. The molecule has 1 amide bonds. The first kappa shape index (κ1) is 16.0. The summed E-state index contributed by atoms with van der Waals surface area (Å²) in [6.07, 6.45) is 4.90. The van der Waals surface area contributed by atoms with Gasteiger partial charge >= 0.3 is 0 Å². The van der Waals surface area contributed by atoms with Crippen molar-refractivity contribution in [3.05, 3.63) is 12.4 Å². The van der Waals surface area contributed by atoms with Crippen molar-refractivity contribution in [2.24, 2.45) is 11.8 Å². The summed E-state index contributed by atoms with van der Waals surface area (Å²) in [6.45, 7) is 6.37. The highest BCUT2D eigenvalue weighted by molar-refractivity contribution is 5.89. The molecule has 2 atom stereocenters. The predicted octanol–water partition coefficient (Wildman–Crippen LogP) is 1.92. The molecule has 6 heteroatoms. The summed E-state index contributed by atoms with van der Waals surface area (Å²) >= 11 is 0. The molecule has 1 aliphatic heterocycles. The van der Waals surface area contributed by atoms with Gasteiger partial charge in [0.05, 0.1) is 12.7 Å². The largest absolute Gasteiger partial charge is 0.379 e. The summed E-state index contributed by atoms with van der Waals surface area (Å²) in [5, 5.41) is 2.90. The molecular formula is C15H25N3O3. The number of carbonyl (C=O) groups excluding carboxylic acids is 1. The molecule has 6 nitrogen and oxygen atoms in total. The van der Waals surface area contributed by atoms with Crippen LogP contribution < -0.4 is 5.32 Å². The van der Waals surface area contributed by atoms with Crippen LogP contribution >= 0.6 is 0 Å². The van der Waals surface area contributed by atoms with Gasteiger partial charge in [0.25, 0.3) is 0 Å². The number of nitrogens with one attached hydrogen (secondary N) is 1. The second-order valence-corrected chi connectivity index (χ2v) is 5.95. The summed E-state index contributed by atoms with van der Waals surface area (Å²) in [6, 6.07) is 0. The normalized spacial score (nSPS) is 22.5. The zero-order valence-corrected chi connectivity index (χ0v) is 13.0. The molecule has 1 saturated heterocycles. The molecule has 2 rings (SSSR count). The molecule has 0 spiro atoms. The van der Waals surface area contributed by atoms with E-state index in [4.69, 9.17) is 9.47 Å². The number of carbonyl (C=O) groups is 1. The Balaban J connectivity index is 1.90. The molecular weight excluding hydrogens is 270 g/mol. The van der Waals surface area contributed by atoms with E-state index in [0.717, 1.165) is 13.0 Å². The van der Waals surface area contributed by atoms with Crippen LogP contribution in [0, 0.1) is 11.8 Å². The average molecular weight is 295 g/mol. The minimum absolute atomic E-state index is 0.0000843. The molecule has 1 aromatic rings. The highest BCUT2D eigenvalue weighted by Gasteiger charge is 2.28. The highest BCUT2D eigenvalue weighted by atomic mass is 16.5. The summed E-state index contributed by atoms with van der Waals surface area (Å²) in [7, 11) is 1.67. The molecule has 0 unspecified atom stereocenters. The smallest absolute Gasteiger partial charge is 0.227 e. The minimum atomic E-state index is -0.0137. The number of rotatable bonds is 6. The van der Waals surface area contributed by atoms with E-state index in [2.05, 4.69) is 24.1 Å². The molecule has 118 valence electrons. The Morgan fingerprint density at radius 2 is 2.43 bits per heavy atom. The second-order valence-electron chi connectivity index (χ2n) is 5.95. The lowest BCUT2D eigenvalue weighted by Gasteiger charge is -2.29. The van der Waals surface area contributed by atoms with Gasteiger partial charge in [-0.3, -0.25) is 10.1 Å². The van der Waals surface area contributed by atoms with Gasteiger partial charge in [-0.05, 0) is 18.3 Å². The van der Waals surface area contributed by atoms with Gasteiger partial charge in [0, 0.05) is 39.1 Å². The topological polar surface area (TPSA) is 65.4 Å². The van der Waals surface area contributed by atoms with Crippen LogP contribution in [0.3, 0.4) is 0 Å². The Morgan fingerprint density at radius 1 is 1.62 bits per heavy atom. The van der Waals surface area contributed by atoms with Crippen LogP contribution in [-0.2, 0) is 20.8 Å². The van der Waals surface area contributed by atoms with E-state index in [1.807, 2.05) is 10.8 Å². The number of aromatic nitrogens is 2. The fourth-order valence-electron chi connectivity index (χ4n) is 2.64. The average Bonchev–Trinajstić information content (AvgIpc) is 2.85. The second kappa shape index (κ2) is 7.56. The number of hydrogen-bond acceptors (Lipinski definition) is 4. The lowest BCUT2D eigenvalue weighted by Crippen LogP contribution is -2.36. The van der Waals surface area contributed by atoms with Crippen LogP contribution in [0.15, 0.2) is 12.4 Å². The number of anilines is 1. The van der Waals surface area contributed by atoms with Crippen molar-refractivity contribution in [3.63, 3.8) is 0 Å². The monoisotopic (exact) mass is 295 g/mol. The molecule has 1 aromatic heterocycles. The van der Waals surface area contributed by atoms with Crippen molar-refractivity contribution in [1.29, 1.82) is 0 Å². The fourth-order valence-corrected chi connectivity index (χ4v) is 2.64. The first-order valence-corrected chi connectivity index (χ1v) is 7.51. The Bertz CT molecular complexity index is 459. The lowest BCUT2D eigenvalue weighted by atomic mass is 9.93. The van der Waals surface area contributed by atoms with Gasteiger partial charge in [-0.25, -0.2) is 4.98 Å². The van der Waals surface area contributed by atoms with Crippen LogP contribution in [0.1, 0.15) is 26.7 Å². The molecule has 0 bridgehead atoms. The van der Waals surface area contributed by atoms with E-state index < -0.39 is 0 Å². The maximum absolute atomic E-state index is 12.2. The Morgan fingerprint density at radius 3 is 3.14 bits per heavy atom. The molecule has 1 aliphatic rings. The molecule has 2 heterocycles. The van der Waals surface area contributed by atoms with Gasteiger partial charge in [0.2, 0.25) is 11.9 Å². The van der Waals surface area contributed by atoms with E-state index in [0.29, 0.717) is 31.5 Å². The summed E-state index contributed by atoms with van der Waals surface area (Å²) in [4.78, 5) is 16.4. The zero-order chi connectivity index (χ0) is 15.2. The molecule has 1 fully saturated rings. The van der Waals surface area contributed by atoms with Crippen LogP contribution in [0.25, 0.3) is 0 Å². The third kappa shape index (κ3) is 4.54. The minimum Gasteiger partial charge on any atom is -0.379 e. The number of amides is 1. The zero-order valence-electron chi connectivity index (χ0n) is 13.0. The van der Waals surface area contributed by atoms with Crippen molar-refractivity contribution < 1.29 is 14.3 Å². The van der Waals surface area contributed by atoms with Gasteiger partial charge in [-0.2, -0.15) is 0 Å². The third-order valence-electron chi connectivity index (χ3n) is 3.72. The number of ether oxygens (including phenoxy) is 2. The number of imidazole rings is 1. The first-order valence-electron chi connectivity index (χ1n) is 7.51. The molecule has 0 saturated carbocycles. The molecule has 0 radical (unpaired) electrons. The van der Waals surface area contributed by atoms with Gasteiger partial charge < -0.3 is 14.0 Å². The predicted molar refractivity (Wildman–Crippen MR) is 80.0 cm³/mol. The molecule has 0 aromatic carbocycles. The van der Waals surface area contributed by atoms with Gasteiger partial charge in [-0.1, -0.05) is 13.8 Å². The lowest BCUT2D eigenvalue weighted by molar-refractivity contribution is -0.121. The standard InChI is InChI=1S/C15H25N3O3/c1-11(2)9-18-6-5-16-15(18)17-14(19)8-12-4-7-21-10-13(12)20-3/h5-6,11-13H,4,7-10H2,1-3H3,(H,16,17,19)/t12-,13+/m0/s1. The van der Waals surface area contributed by atoms with Crippen LogP contribution in [0.2, 0.25) is 0 Å². The van der Waals surface area contributed by atoms with Crippen LogP contribution in [0.5, 0.6) is 0 Å². The number of methoxy groups -OCH3 is 1. The summed E-state index contributed by atoms with van der Waals surface area (Å²) < 4.78 is 12.7. The van der Waals surface area contributed by atoms with Crippen molar-refractivity contribution in [1.82, 2.24) is 9.55 Å². The molecule has 21 heavy (non-hydrogen) atoms. The fraction of sp³-hybridized carbons (Fsp3) is 0.733. The van der Waals surface area contributed by atoms with Gasteiger partial charge in [0.1, 0.15) is 0 Å². The Kier molecular flexibility index (Phi) is 5.76. The Hall–Kier alpha value is -1.40. The van der Waals surface area contributed by atoms with Gasteiger partial charge in [-0.15, -0.1) is 0 Å². The van der Waals surface area contributed by atoms with E-state index >= 15 is 0 Å². The van der Waals surface area contributed by atoms with Crippen molar-refractivity contribution in [3.8, 4) is 0 Å². The quantitative estimate of drug-likeness (QED) is 0.871. The van der Waals surface area contributed by atoms with Crippen LogP contribution in [-0.4, -0.2) is 41.9 Å². The number of hydrogen-bond donors (Lipinski definition) is 1. The van der Waals surface area contributed by atoms with Crippen molar-refractivity contribution in [2.45, 2.75) is 39.3 Å². The molecule has 1 N–H and O–H groups in total. The highest BCUT2D eigenvalue weighted by Crippen LogP contribution is 2.22. The van der Waals surface area contributed by atoms with E-state index in [1.54, 1.807) is 13.3 Å². The van der Waals surface area contributed by atoms with Crippen molar-refractivity contribution >= 4 is 11.9 Å². The van der Waals surface area contributed by atoms with Crippen LogP contribution in [0.4, 0.5) is 5.95 Å². The summed E-state index contributed by atoms with van der Waals surface area (Å²) in [5.74, 6) is 1.32. The van der Waals surface area contributed by atoms with Crippen molar-refractivity contribution in [2.75, 3.05) is 25.6 Å². The van der Waals surface area contributed by atoms with E-state index in [-0.39, 0.29) is 17.9 Å². The SMILES string of the molecule is CO[C@@H]1COCC[C@H]1CC(=O)Nc1nccn1CC(C)C. The maximum atomic E-state index is 12.2. The van der Waals surface area contributed by atoms with Gasteiger partial charge in [0.15, 0.2) is 0 Å². The Labute approximate surface area is 125 Å². The number of nitrogens with zero attached hydrogens (tertiary/aromatic N) is 2. The first-order chi connectivity index (χ1) is 10.1. The molecule has 0 aliphatic carbocycles. The van der Waals surface area contributed by atoms with E-state index in [9.17, 15) is 4.79 Å². The van der Waals surface area contributed by atoms with E-state index in [1.165, 1.54) is 0 Å². The summed E-state index contributed by atoms with van der Waals surface area (Å²) in [5.41, 5.74) is 0. The third-order valence-corrected chi connectivity index (χ3v) is 3.72.